The fraction of sp³-hybridized carbons (Fsp3) is 0.400. The molecule has 1 aliphatic rings. The Morgan fingerprint density at radius 3 is 2.75 bits per heavy atom. The summed E-state index contributed by atoms with van der Waals surface area (Å²) in [5.74, 6) is 0.678. The number of pyridine rings is 1. The molecular weight excluding hydrogens is 274 g/mol. The van der Waals surface area contributed by atoms with Gasteiger partial charge in [0, 0.05) is 11.4 Å². The zero-order valence-electron chi connectivity index (χ0n) is 11.6. The summed E-state index contributed by atoms with van der Waals surface area (Å²) in [6.45, 7) is 2.14. The number of nitrogens with zero attached hydrogens (tertiary/aromatic N) is 1. The second-order valence-electron chi connectivity index (χ2n) is 4.91. The highest BCUT2D eigenvalue weighted by Crippen LogP contribution is 2.28. The smallest absolute Gasteiger partial charge is 0.237 e. The highest BCUT2D eigenvalue weighted by atomic mass is 35.5. The molecule has 5 heteroatoms. The van der Waals surface area contributed by atoms with E-state index in [1.165, 1.54) is 0 Å². The molecule has 1 aromatic carbocycles. The first-order valence-electron chi connectivity index (χ1n) is 6.78. The summed E-state index contributed by atoms with van der Waals surface area (Å²) < 4.78 is 5.41. The van der Waals surface area contributed by atoms with E-state index >= 15 is 0 Å². The lowest BCUT2D eigenvalue weighted by molar-refractivity contribution is 0.399. The van der Waals surface area contributed by atoms with Crippen molar-refractivity contribution in [3.05, 3.63) is 30.3 Å². The summed E-state index contributed by atoms with van der Waals surface area (Å²) >= 11 is 0. The van der Waals surface area contributed by atoms with Crippen LogP contribution < -0.4 is 15.4 Å². The van der Waals surface area contributed by atoms with Gasteiger partial charge in [-0.3, -0.25) is 0 Å². The topological polar surface area (TPSA) is 46.2 Å². The van der Waals surface area contributed by atoms with Crippen molar-refractivity contribution in [1.82, 2.24) is 10.3 Å². The van der Waals surface area contributed by atoms with Crippen LogP contribution in [0.3, 0.4) is 0 Å². The van der Waals surface area contributed by atoms with E-state index in [9.17, 15) is 0 Å². The Kier molecular flexibility index (Phi) is 5.04. The number of halogens is 1. The van der Waals surface area contributed by atoms with Crippen LogP contribution in [0.4, 0.5) is 5.69 Å². The monoisotopic (exact) mass is 293 g/mol. The third kappa shape index (κ3) is 3.14. The summed E-state index contributed by atoms with van der Waals surface area (Å²) in [4.78, 5) is 4.56. The van der Waals surface area contributed by atoms with E-state index in [0.717, 1.165) is 42.5 Å². The van der Waals surface area contributed by atoms with Gasteiger partial charge in [0.25, 0.3) is 0 Å². The molecule has 2 heterocycles. The molecule has 108 valence electrons. The third-order valence-electron chi connectivity index (χ3n) is 3.58. The molecule has 1 aromatic heterocycles. The van der Waals surface area contributed by atoms with E-state index in [4.69, 9.17) is 4.74 Å². The minimum absolute atomic E-state index is 0. The summed E-state index contributed by atoms with van der Waals surface area (Å²) in [5, 5.41) is 8.08. The maximum absolute atomic E-state index is 5.41. The molecule has 1 aliphatic heterocycles. The van der Waals surface area contributed by atoms with Gasteiger partial charge in [-0.05, 0) is 38.1 Å². The van der Waals surface area contributed by atoms with Crippen molar-refractivity contribution in [3.8, 4) is 5.88 Å². The molecule has 2 N–H and O–H groups in total. The van der Waals surface area contributed by atoms with Gasteiger partial charge in [-0.1, -0.05) is 18.2 Å². The lowest BCUT2D eigenvalue weighted by atomic mass is 10.1. The van der Waals surface area contributed by atoms with Gasteiger partial charge in [0.1, 0.15) is 0 Å². The number of para-hydroxylation sites is 1. The minimum Gasteiger partial charge on any atom is -0.480 e. The molecule has 0 spiro atoms. The number of methoxy groups -OCH3 is 1. The predicted octanol–water partition coefficient (Wildman–Crippen LogP) is 2.83. The van der Waals surface area contributed by atoms with Crippen LogP contribution in [0.2, 0.25) is 0 Å². The van der Waals surface area contributed by atoms with E-state index in [2.05, 4.69) is 27.8 Å². The predicted molar refractivity (Wildman–Crippen MR) is 85.1 cm³/mol. The molecule has 2 aromatic rings. The maximum Gasteiger partial charge on any atom is 0.237 e. The van der Waals surface area contributed by atoms with Gasteiger partial charge >= 0.3 is 0 Å². The molecule has 0 unspecified atom stereocenters. The summed E-state index contributed by atoms with van der Waals surface area (Å²) in [7, 11) is 1.67. The molecule has 0 amide bonds. The van der Waals surface area contributed by atoms with Gasteiger partial charge in [-0.15, -0.1) is 12.4 Å². The minimum atomic E-state index is 0. The summed E-state index contributed by atoms with van der Waals surface area (Å²) in [6, 6.07) is 10.7. The summed E-state index contributed by atoms with van der Waals surface area (Å²) in [5.41, 5.74) is 1.96. The number of ether oxygens (including phenoxy) is 1. The Balaban J connectivity index is 0.00000147. The molecule has 1 fully saturated rings. The highest BCUT2D eigenvalue weighted by molar-refractivity contribution is 5.85. The SMILES string of the molecule is COc1nc2ccccc2cc1NC1CCNCC1.Cl. The number of piperidine rings is 1. The van der Waals surface area contributed by atoms with Crippen LogP contribution in [-0.2, 0) is 0 Å². The van der Waals surface area contributed by atoms with Crippen LogP contribution in [0.1, 0.15) is 12.8 Å². The van der Waals surface area contributed by atoms with Gasteiger partial charge in [-0.2, -0.15) is 0 Å². The average Bonchev–Trinajstić information content (AvgIpc) is 2.47. The van der Waals surface area contributed by atoms with Crippen LogP contribution in [-0.4, -0.2) is 31.2 Å². The van der Waals surface area contributed by atoms with Crippen molar-refractivity contribution in [3.63, 3.8) is 0 Å². The number of benzene rings is 1. The number of fused-ring (bicyclic) bond motifs is 1. The third-order valence-corrected chi connectivity index (χ3v) is 3.58. The van der Waals surface area contributed by atoms with Gasteiger partial charge in [0.15, 0.2) is 0 Å². The molecule has 3 rings (SSSR count). The molecule has 1 saturated heterocycles. The van der Waals surface area contributed by atoms with Crippen molar-refractivity contribution in [2.45, 2.75) is 18.9 Å². The Bertz CT molecular complexity index is 570. The second kappa shape index (κ2) is 6.77. The van der Waals surface area contributed by atoms with Crippen molar-refractivity contribution in [1.29, 1.82) is 0 Å². The standard InChI is InChI=1S/C15H19N3O.ClH/c1-19-15-14(17-12-6-8-16-9-7-12)10-11-4-2-3-5-13(11)18-15;/h2-5,10,12,16-17H,6-9H2,1H3;1H. The second-order valence-corrected chi connectivity index (χ2v) is 4.91. The van der Waals surface area contributed by atoms with Crippen molar-refractivity contribution in [2.75, 3.05) is 25.5 Å². The van der Waals surface area contributed by atoms with E-state index < -0.39 is 0 Å². The molecule has 0 atom stereocenters. The van der Waals surface area contributed by atoms with Gasteiger partial charge in [-0.25, -0.2) is 4.98 Å². The van der Waals surface area contributed by atoms with Crippen molar-refractivity contribution >= 4 is 29.0 Å². The van der Waals surface area contributed by atoms with Crippen LogP contribution >= 0.6 is 12.4 Å². The van der Waals surface area contributed by atoms with Crippen molar-refractivity contribution in [2.24, 2.45) is 0 Å². The first-order chi connectivity index (χ1) is 9.36. The molecule has 20 heavy (non-hydrogen) atoms. The number of aromatic nitrogens is 1. The van der Waals surface area contributed by atoms with Crippen LogP contribution in [0, 0.1) is 0 Å². The number of hydrogen-bond donors (Lipinski definition) is 2. The fourth-order valence-corrected chi connectivity index (χ4v) is 2.54. The number of nitrogens with one attached hydrogen (secondary N) is 2. The number of rotatable bonds is 3. The quantitative estimate of drug-likeness (QED) is 0.913. The molecule has 0 bridgehead atoms. The molecule has 0 aliphatic carbocycles. The van der Waals surface area contributed by atoms with Gasteiger partial charge in [0.05, 0.1) is 18.3 Å². The first kappa shape index (κ1) is 14.9. The lowest BCUT2D eigenvalue weighted by Crippen LogP contribution is -2.35. The van der Waals surface area contributed by atoms with Gasteiger partial charge in [0.2, 0.25) is 5.88 Å². The Morgan fingerprint density at radius 1 is 1.25 bits per heavy atom. The molecule has 0 saturated carbocycles. The van der Waals surface area contributed by atoms with Crippen molar-refractivity contribution < 1.29 is 4.74 Å². The zero-order valence-corrected chi connectivity index (χ0v) is 12.4. The Hall–Kier alpha value is -1.52. The highest BCUT2D eigenvalue weighted by Gasteiger charge is 2.15. The normalized spacial score (nSPS) is 15.7. The fourth-order valence-electron chi connectivity index (χ4n) is 2.54. The maximum atomic E-state index is 5.41. The summed E-state index contributed by atoms with van der Waals surface area (Å²) in [6.07, 6.45) is 2.27. The van der Waals surface area contributed by atoms with E-state index in [1.54, 1.807) is 7.11 Å². The molecule has 0 radical (unpaired) electrons. The largest absolute Gasteiger partial charge is 0.480 e. The van der Waals surface area contributed by atoms with Crippen LogP contribution in [0.15, 0.2) is 30.3 Å². The van der Waals surface area contributed by atoms with E-state index in [1.807, 2.05) is 18.2 Å². The Labute approximate surface area is 125 Å². The number of hydrogen-bond acceptors (Lipinski definition) is 4. The van der Waals surface area contributed by atoms with Crippen LogP contribution in [0.5, 0.6) is 5.88 Å². The van der Waals surface area contributed by atoms with E-state index in [-0.39, 0.29) is 12.4 Å². The zero-order chi connectivity index (χ0) is 13.1. The molecular formula is C15H20ClN3O. The lowest BCUT2D eigenvalue weighted by Gasteiger charge is -2.25. The average molecular weight is 294 g/mol. The molecule has 4 nitrogen and oxygen atoms in total. The van der Waals surface area contributed by atoms with E-state index in [0.29, 0.717) is 11.9 Å². The van der Waals surface area contributed by atoms with Crippen LogP contribution in [0.25, 0.3) is 10.9 Å². The first-order valence-corrected chi connectivity index (χ1v) is 6.78. The van der Waals surface area contributed by atoms with Gasteiger partial charge < -0.3 is 15.4 Å². The number of anilines is 1. The Morgan fingerprint density at radius 2 is 2.00 bits per heavy atom.